The Morgan fingerprint density at radius 3 is 2.54 bits per heavy atom. The lowest BCUT2D eigenvalue weighted by Gasteiger charge is -2.16. The molecule has 0 saturated carbocycles. The van der Waals surface area contributed by atoms with Gasteiger partial charge in [-0.25, -0.2) is 0 Å². The smallest absolute Gasteiger partial charge is 0.166 e. The molecule has 3 rings (SSSR count). The molecule has 0 atom stereocenters. The van der Waals surface area contributed by atoms with Gasteiger partial charge in [0, 0.05) is 23.7 Å². The Morgan fingerprint density at radius 1 is 1.15 bits per heavy atom. The van der Waals surface area contributed by atoms with E-state index < -0.39 is 0 Å². The number of ketones is 1. The molecule has 0 spiro atoms. The normalized spacial score (nSPS) is 10.8. The van der Waals surface area contributed by atoms with Crippen LogP contribution in [0.4, 0.5) is 11.4 Å². The average molecular weight is 348 g/mol. The number of hydrogen-bond donors (Lipinski definition) is 1. The number of para-hydroxylation sites is 1. The Balaban J connectivity index is 2.21. The second-order valence-corrected chi connectivity index (χ2v) is 6.58. The largest absolute Gasteiger partial charge is 0.494 e. The summed E-state index contributed by atoms with van der Waals surface area (Å²) in [6.45, 7) is 6.14. The number of fused-ring (bicyclic) bond motifs is 1. The fourth-order valence-corrected chi connectivity index (χ4v) is 3.26. The van der Waals surface area contributed by atoms with Gasteiger partial charge in [-0.2, -0.15) is 0 Å². The Hall–Kier alpha value is -2.88. The van der Waals surface area contributed by atoms with Crippen LogP contribution in [0.5, 0.6) is 5.75 Å². The summed E-state index contributed by atoms with van der Waals surface area (Å²) in [6, 6.07) is 12.1. The van der Waals surface area contributed by atoms with Crippen LogP contribution in [0.25, 0.3) is 10.9 Å². The van der Waals surface area contributed by atoms with Gasteiger partial charge in [0.15, 0.2) is 5.78 Å². The van der Waals surface area contributed by atoms with E-state index in [1.54, 1.807) is 13.3 Å². The first-order chi connectivity index (χ1) is 12.5. The number of methoxy groups -OCH3 is 1. The van der Waals surface area contributed by atoms with Crippen molar-refractivity contribution in [3.8, 4) is 5.75 Å². The number of pyridine rings is 1. The molecule has 0 aliphatic heterocycles. The molecule has 134 valence electrons. The van der Waals surface area contributed by atoms with Crippen LogP contribution in [0.15, 0.2) is 42.6 Å². The van der Waals surface area contributed by atoms with Crippen molar-refractivity contribution in [2.24, 2.45) is 0 Å². The number of carbonyl (C=O) groups is 1. The lowest BCUT2D eigenvalue weighted by Crippen LogP contribution is -2.06. The minimum atomic E-state index is 0.0941. The maximum Gasteiger partial charge on any atom is 0.166 e. The summed E-state index contributed by atoms with van der Waals surface area (Å²) in [5.74, 6) is 0.789. The molecule has 4 nitrogen and oxygen atoms in total. The molecule has 0 amide bonds. The van der Waals surface area contributed by atoms with Crippen LogP contribution in [0.1, 0.15) is 41.3 Å². The van der Waals surface area contributed by atoms with Gasteiger partial charge in [0.2, 0.25) is 0 Å². The minimum absolute atomic E-state index is 0.0941. The highest BCUT2D eigenvalue weighted by Gasteiger charge is 2.17. The number of nitrogens with one attached hydrogen (secondary N) is 1. The number of rotatable bonds is 6. The molecule has 2 aromatic carbocycles. The average Bonchev–Trinajstić information content (AvgIpc) is 2.60. The van der Waals surface area contributed by atoms with E-state index >= 15 is 0 Å². The number of benzene rings is 2. The van der Waals surface area contributed by atoms with Crippen LogP contribution >= 0.6 is 0 Å². The predicted octanol–water partition coefficient (Wildman–Crippen LogP) is 5.59. The quantitative estimate of drug-likeness (QED) is 0.590. The van der Waals surface area contributed by atoms with Crippen LogP contribution in [0.3, 0.4) is 0 Å². The molecule has 26 heavy (non-hydrogen) atoms. The van der Waals surface area contributed by atoms with Crippen LogP contribution in [0.2, 0.25) is 0 Å². The molecule has 0 aliphatic rings. The third-order valence-electron chi connectivity index (χ3n) is 4.35. The predicted molar refractivity (Wildman–Crippen MR) is 107 cm³/mol. The summed E-state index contributed by atoms with van der Waals surface area (Å²) >= 11 is 0. The SMILES string of the molecule is CCCC(=O)c1cnc2c(OC)cccc2c1Nc1cc(C)cc(C)c1. The molecule has 0 fully saturated rings. The fraction of sp³-hybridized carbons (Fsp3) is 0.273. The van der Waals surface area contributed by atoms with Crippen LogP contribution in [-0.2, 0) is 0 Å². The number of nitrogens with zero attached hydrogens (tertiary/aromatic N) is 1. The van der Waals surface area contributed by atoms with Gasteiger partial charge in [0.1, 0.15) is 11.3 Å². The van der Waals surface area contributed by atoms with E-state index in [4.69, 9.17) is 4.74 Å². The van der Waals surface area contributed by atoms with Crippen LogP contribution in [-0.4, -0.2) is 17.9 Å². The highest BCUT2D eigenvalue weighted by Crippen LogP contribution is 2.34. The third-order valence-corrected chi connectivity index (χ3v) is 4.35. The maximum atomic E-state index is 12.7. The van der Waals surface area contributed by atoms with E-state index in [-0.39, 0.29) is 5.78 Å². The van der Waals surface area contributed by atoms with Crippen molar-refractivity contribution >= 4 is 28.1 Å². The van der Waals surface area contributed by atoms with E-state index in [0.29, 0.717) is 17.7 Å². The molecule has 1 N–H and O–H groups in total. The van der Waals surface area contributed by atoms with E-state index in [0.717, 1.165) is 28.7 Å². The first kappa shape index (κ1) is 17.9. The summed E-state index contributed by atoms with van der Waals surface area (Å²) in [6.07, 6.45) is 2.96. The molecule has 1 aromatic heterocycles. The second kappa shape index (κ2) is 7.56. The molecule has 0 radical (unpaired) electrons. The van der Waals surface area contributed by atoms with Gasteiger partial charge in [-0.3, -0.25) is 9.78 Å². The summed E-state index contributed by atoms with van der Waals surface area (Å²) < 4.78 is 5.44. The van der Waals surface area contributed by atoms with Gasteiger partial charge in [0.05, 0.1) is 18.4 Å². The number of hydrogen-bond acceptors (Lipinski definition) is 4. The van der Waals surface area contributed by atoms with E-state index in [1.165, 1.54) is 11.1 Å². The number of Topliss-reactive ketones (excluding diaryl/α,β-unsaturated/α-hetero) is 1. The third kappa shape index (κ3) is 3.54. The Bertz CT molecular complexity index is 944. The molecule has 3 aromatic rings. The highest BCUT2D eigenvalue weighted by molar-refractivity contribution is 6.09. The lowest BCUT2D eigenvalue weighted by molar-refractivity contribution is 0.0982. The van der Waals surface area contributed by atoms with Gasteiger partial charge in [-0.05, 0) is 49.6 Å². The van der Waals surface area contributed by atoms with Crippen molar-refractivity contribution < 1.29 is 9.53 Å². The Labute approximate surface area is 154 Å². The van der Waals surface area contributed by atoms with Crippen molar-refractivity contribution in [2.75, 3.05) is 12.4 Å². The molecular weight excluding hydrogens is 324 g/mol. The van der Waals surface area contributed by atoms with Crippen LogP contribution in [0, 0.1) is 13.8 Å². The molecule has 0 unspecified atom stereocenters. The highest BCUT2D eigenvalue weighted by atomic mass is 16.5. The number of aromatic nitrogens is 1. The number of anilines is 2. The van der Waals surface area contributed by atoms with Crippen molar-refractivity contribution in [3.63, 3.8) is 0 Å². The van der Waals surface area contributed by atoms with Gasteiger partial charge in [-0.15, -0.1) is 0 Å². The summed E-state index contributed by atoms with van der Waals surface area (Å²) in [5, 5.41) is 4.35. The fourth-order valence-electron chi connectivity index (χ4n) is 3.26. The Morgan fingerprint density at radius 2 is 1.88 bits per heavy atom. The zero-order valence-corrected chi connectivity index (χ0v) is 15.7. The monoisotopic (exact) mass is 348 g/mol. The molecule has 0 aliphatic carbocycles. The van der Waals surface area contributed by atoms with Crippen molar-refractivity contribution in [3.05, 3.63) is 59.3 Å². The van der Waals surface area contributed by atoms with Crippen molar-refractivity contribution in [1.29, 1.82) is 0 Å². The maximum absolute atomic E-state index is 12.7. The van der Waals surface area contributed by atoms with Crippen LogP contribution < -0.4 is 10.1 Å². The molecular formula is C22H24N2O2. The standard InChI is InChI=1S/C22H24N2O2/c1-5-7-19(25)18-13-23-22-17(8-6-9-20(22)26-4)21(18)24-16-11-14(2)10-15(3)12-16/h6,8-13H,5,7H2,1-4H3,(H,23,24). The molecule has 1 heterocycles. The van der Waals surface area contributed by atoms with Crippen molar-refractivity contribution in [1.82, 2.24) is 4.98 Å². The van der Waals surface area contributed by atoms with Crippen molar-refractivity contribution in [2.45, 2.75) is 33.6 Å². The number of aryl methyl sites for hydroxylation is 2. The topological polar surface area (TPSA) is 51.2 Å². The van der Waals surface area contributed by atoms with Gasteiger partial charge >= 0.3 is 0 Å². The first-order valence-corrected chi connectivity index (χ1v) is 8.87. The first-order valence-electron chi connectivity index (χ1n) is 8.87. The summed E-state index contributed by atoms with van der Waals surface area (Å²) in [7, 11) is 1.63. The number of carbonyl (C=O) groups excluding carboxylic acids is 1. The Kier molecular flexibility index (Phi) is 5.21. The summed E-state index contributed by atoms with van der Waals surface area (Å²) in [4.78, 5) is 17.2. The van der Waals surface area contributed by atoms with E-state index in [9.17, 15) is 4.79 Å². The van der Waals surface area contributed by atoms with E-state index in [2.05, 4.69) is 42.3 Å². The zero-order valence-electron chi connectivity index (χ0n) is 15.7. The van der Waals surface area contributed by atoms with Gasteiger partial charge in [0.25, 0.3) is 0 Å². The van der Waals surface area contributed by atoms with E-state index in [1.807, 2.05) is 25.1 Å². The molecule has 0 bridgehead atoms. The van der Waals surface area contributed by atoms with Gasteiger partial charge in [-0.1, -0.05) is 25.1 Å². The lowest BCUT2D eigenvalue weighted by atomic mass is 10.0. The van der Waals surface area contributed by atoms with Gasteiger partial charge < -0.3 is 10.1 Å². The zero-order chi connectivity index (χ0) is 18.7. The number of ether oxygens (including phenoxy) is 1. The molecule has 0 saturated heterocycles. The minimum Gasteiger partial charge on any atom is -0.494 e. The molecule has 4 heteroatoms. The second-order valence-electron chi connectivity index (χ2n) is 6.58. The summed E-state index contributed by atoms with van der Waals surface area (Å²) in [5.41, 5.74) is 5.46.